The molecule has 2 aromatic carbocycles. The van der Waals surface area contributed by atoms with Gasteiger partial charge in [0, 0.05) is 16.6 Å². The molecule has 0 unspecified atom stereocenters. The monoisotopic (exact) mass is 415 g/mol. The van der Waals surface area contributed by atoms with Crippen LogP contribution in [0.25, 0.3) is 0 Å². The number of ether oxygens (including phenoxy) is 1. The van der Waals surface area contributed by atoms with Crippen LogP contribution in [-0.4, -0.2) is 21.5 Å². The van der Waals surface area contributed by atoms with Crippen LogP contribution in [0, 0.1) is 5.82 Å². The van der Waals surface area contributed by atoms with Crippen molar-refractivity contribution in [2.24, 2.45) is 0 Å². The number of nitrogens with one attached hydrogen (secondary N) is 1. The van der Waals surface area contributed by atoms with E-state index in [1.54, 1.807) is 24.3 Å². The number of sulfonamides is 1. The van der Waals surface area contributed by atoms with E-state index in [0.29, 0.717) is 5.56 Å². The summed E-state index contributed by atoms with van der Waals surface area (Å²) in [6.45, 7) is -0.205. The van der Waals surface area contributed by atoms with Gasteiger partial charge in [0.1, 0.15) is 5.82 Å². The Bertz CT molecular complexity index is 855. The molecule has 0 spiro atoms. The summed E-state index contributed by atoms with van der Waals surface area (Å²) in [6.07, 6.45) is 0. The van der Waals surface area contributed by atoms with E-state index >= 15 is 0 Å². The summed E-state index contributed by atoms with van der Waals surface area (Å²) in [5, 5.41) is 0. The van der Waals surface area contributed by atoms with Crippen molar-refractivity contribution in [3.8, 4) is 0 Å². The zero-order valence-corrected chi connectivity index (χ0v) is 15.2. The molecule has 0 fully saturated rings. The first-order chi connectivity index (χ1) is 11.3. The molecule has 0 aliphatic heterocycles. The van der Waals surface area contributed by atoms with Gasteiger partial charge in [-0.3, -0.25) is 0 Å². The number of esters is 1. The predicted molar refractivity (Wildman–Crippen MR) is 91.3 cm³/mol. The Morgan fingerprint density at radius 3 is 2.62 bits per heavy atom. The first-order valence-corrected chi connectivity index (χ1v) is 9.34. The maximum Gasteiger partial charge on any atom is 0.337 e. The molecule has 0 saturated heterocycles. The van der Waals surface area contributed by atoms with Crippen molar-refractivity contribution < 1.29 is 22.3 Å². The molecule has 128 valence electrons. The normalized spacial score (nSPS) is 11.3. The van der Waals surface area contributed by atoms with Gasteiger partial charge in [-0.2, -0.15) is 0 Å². The largest absolute Gasteiger partial charge is 0.465 e. The first-order valence-electron chi connectivity index (χ1n) is 6.89. The summed E-state index contributed by atoms with van der Waals surface area (Å²) < 4.78 is 45.8. The zero-order chi connectivity index (χ0) is 17.7. The van der Waals surface area contributed by atoms with Gasteiger partial charge in [0.25, 0.3) is 0 Å². The Labute approximate surface area is 148 Å². The van der Waals surface area contributed by atoms with Crippen LogP contribution in [0.2, 0.25) is 0 Å². The number of rotatable bonds is 6. The lowest BCUT2D eigenvalue weighted by Gasteiger charge is -2.09. The highest BCUT2D eigenvalue weighted by molar-refractivity contribution is 9.10. The van der Waals surface area contributed by atoms with E-state index < -0.39 is 21.8 Å². The molecule has 0 heterocycles. The van der Waals surface area contributed by atoms with Crippen LogP contribution in [-0.2, 0) is 27.1 Å². The average Bonchev–Trinajstić information content (AvgIpc) is 2.52. The van der Waals surface area contributed by atoms with Gasteiger partial charge in [0.15, 0.2) is 0 Å². The third kappa shape index (κ3) is 5.12. The SMILES string of the molecule is COC(=O)c1ccc(CNS(=O)(=O)Cc2cccc(Br)c2)c(F)c1. The number of carbonyl (C=O) groups is 1. The number of carbonyl (C=O) groups excluding carboxylic acids is 1. The summed E-state index contributed by atoms with van der Waals surface area (Å²) in [4.78, 5) is 11.3. The number of methoxy groups -OCH3 is 1. The summed E-state index contributed by atoms with van der Waals surface area (Å²) in [6, 6.07) is 10.7. The second kappa shape index (κ2) is 7.87. The lowest BCUT2D eigenvalue weighted by Crippen LogP contribution is -2.25. The molecule has 0 bridgehead atoms. The van der Waals surface area contributed by atoms with Crippen LogP contribution in [0.5, 0.6) is 0 Å². The van der Waals surface area contributed by atoms with Gasteiger partial charge in [0.2, 0.25) is 10.0 Å². The minimum Gasteiger partial charge on any atom is -0.465 e. The second-order valence-corrected chi connectivity index (χ2v) is 7.73. The van der Waals surface area contributed by atoms with Gasteiger partial charge < -0.3 is 4.74 Å². The molecule has 0 atom stereocenters. The Morgan fingerprint density at radius 2 is 2.00 bits per heavy atom. The third-order valence-electron chi connectivity index (χ3n) is 3.20. The molecule has 0 amide bonds. The van der Waals surface area contributed by atoms with Crippen LogP contribution < -0.4 is 4.72 Å². The number of hydrogen-bond donors (Lipinski definition) is 1. The number of halogens is 2. The highest BCUT2D eigenvalue weighted by atomic mass is 79.9. The fourth-order valence-electron chi connectivity index (χ4n) is 2.02. The molecule has 2 aromatic rings. The van der Waals surface area contributed by atoms with Crippen LogP contribution in [0.4, 0.5) is 4.39 Å². The van der Waals surface area contributed by atoms with E-state index in [0.717, 1.165) is 10.5 Å². The summed E-state index contributed by atoms with van der Waals surface area (Å²) in [5.74, 6) is -1.55. The quantitative estimate of drug-likeness (QED) is 0.735. The smallest absolute Gasteiger partial charge is 0.337 e. The average molecular weight is 416 g/mol. The molecule has 0 aliphatic carbocycles. The Balaban J connectivity index is 2.05. The summed E-state index contributed by atoms with van der Waals surface area (Å²) in [7, 11) is -2.43. The molecule has 0 saturated carbocycles. The molecule has 1 N–H and O–H groups in total. The molecule has 0 aromatic heterocycles. The van der Waals surface area contributed by atoms with Crippen LogP contribution in [0.1, 0.15) is 21.5 Å². The van der Waals surface area contributed by atoms with Crippen molar-refractivity contribution in [2.45, 2.75) is 12.3 Å². The Morgan fingerprint density at radius 1 is 1.25 bits per heavy atom. The molecular weight excluding hydrogens is 401 g/mol. The van der Waals surface area contributed by atoms with Crippen molar-refractivity contribution in [2.75, 3.05) is 7.11 Å². The molecule has 0 aliphatic rings. The molecule has 2 rings (SSSR count). The van der Waals surface area contributed by atoms with Crippen LogP contribution in [0.15, 0.2) is 46.9 Å². The summed E-state index contributed by atoms with van der Waals surface area (Å²) in [5.41, 5.74) is 0.814. The van der Waals surface area contributed by atoms with E-state index in [1.807, 2.05) is 0 Å². The third-order valence-corrected chi connectivity index (χ3v) is 4.99. The topological polar surface area (TPSA) is 72.5 Å². The van der Waals surface area contributed by atoms with Gasteiger partial charge in [-0.1, -0.05) is 34.1 Å². The van der Waals surface area contributed by atoms with Gasteiger partial charge in [-0.05, 0) is 29.8 Å². The lowest BCUT2D eigenvalue weighted by atomic mass is 10.1. The van der Waals surface area contributed by atoms with Gasteiger partial charge >= 0.3 is 5.97 Å². The van der Waals surface area contributed by atoms with Crippen molar-refractivity contribution in [3.05, 3.63) is 69.4 Å². The highest BCUT2D eigenvalue weighted by Crippen LogP contribution is 2.15. The molecule has 0 radical (unpaired) electrons. The van der Waals surface area contributed by atoms with Crippen molar-refractivity contribution >= 4 is 31.9 Å². The standard InChI is InChI=1S/C16H15BrFNO4S/c1-23-16(20)12-5-6-13(15(18)8-12)9-19-24(21,22)10-11-3-2-4-14(17)7-11/h2-8,19H,9-10H2,1H3. The zero-order valence-electron chi connectivity index (χ0n) is 12.8. The summed E-state index contributed by atoms with van der Waals surface area (Å²) >= 11 is 3.28. The molecular formula is C16H15BrFNO4S. The highest BCUT2D eigenvalue weighted by Gasteiger charge is 2.14. The van der Waals surface area contributed by atoms with E-state index in [2.05, 4.69) is 25.4 Å². The van der Waals surface area contributed by atoms with E-state index in [4.69, 9.17) is 0 Å². The van der Waals surface area contributed by atoms with Gasteiger partial charge in [-0.15, -0.1) is 0 Å². The minimum absolute atomic E-state index is 0.0655. The lowest BCUT2D eigenvalue weighted by molar-refractivity contribution is 0.0600. The van der Waals surface area contributed by atoms with Gasteiger partial charge in [0.05, 0.1) is 18.4 Å². The van der Waals surface area contributed by atoms with Crippen LogP contribution in [0.3, 0.4) is 0 Å². The molecule has 5 nitrogen and oxygen atoms in total. The number of benzene rings is 2. The van der Waals surface area contributed by atoms with Crippen molar-refractivity contribution in [3.63, 3.8) is 0 Å². The van der Waals surface area contributed by atoms with E-state index in [-0.39, 0.29) is 23.4 Å². The predicted octanol–water partition coefficient (Wildman–Crippen LogP) is 2.99. The maximum absolute atomic E-state index is 14.0. The fraction of sp³-hybridized carbons (Fsp3) is 0.188. The van der Waals surface area contributed by atoms with E-state index in [1.165, 1.54) is 19.2 Å². The fourth-order valence-corrected chi connectivity index (χ4v) is 3.56. The minimum atomic E-state index is -3.63. The van der Waals surface area contributed by atoms with Crippen LogP contribution >= 0.6 is 15.9 Å². The Hall–Kier alpha value is -1.77. The first kappa shape index (κ1) is 18.6. The van der Waals surface area contributed by atoms with Crippen molar-refractivity contribution in [1.29, 1.82) is 0 Å². The second-order valence-electron chi connectivity index (χ2n) is 5.01. The molecule has 8 heteroatoms. The maximum atomic E-state index is 14.0. The van der Waals surface area contributed by atoms with E-state index in [9.17, 15) is 17.6 Å². The van der Waals surface area contributed by atoms with Crippen molar-refractivity contribution in [1.82, 2.24) is 4.72 Å². The van der Waals surface area contributed by atoms with Gasteiger partial charge in [-0.25, -0.2) is 22.3 Å². The Kier molecular flexibility index (Phi) is 6.09. The molecule has 24 heavy (non-hydrogen) atoms. The number of hydrogen-bond acceptors (Lipinski definition) is 4.